The van der Waals surface area contributed by atoms with Gasteiger partial charge >= 0.3 is 0 Å². The Morgan fingerprint density at radius 3 is 2.40 bits per heavy atom. The molecule has 1 heterocycles. The molecule has 0 amide bonds. The van der Waals surface area contributed by atoms with Crippen LogP contribution in [0.15, 0.2) is 35.7 Å². The van der Waals surface area contributed by atoms with Gasteiger partial charge in [0.2, 0.25) is 0 Å². The van der Waals surface area contributed by atoms with E-state index in [0.29, 0.717) is 0 Å². The molecule has 0 unspecified atom stereocenters. The van der Waals surface area contributed by atoms with E-state index < -0.39 is 0 Å². The van der Waals surface area contributed by atoms with Crippen molar-refractivity contribution in [3.8, 4) is 0 Å². The van der Waals surface area contributed by atoms with Crippen molar-refractivity contribution in [3.63, 3.8) is 0 Å². The second-order valence-electron chi connectivity index (χ2n) is 5.30. The molecule has 0 saturated carbocycles. The number of rotatable bonds is 7. The van der Waals surface area contributed by atoms with Crippen LogP contribution in [0.1, 0.15) is 28.0 Å². The molecule has 0 saturated heterocycles. The number of aliphatic hydroxyl groups is 1. The molecule has 0 fully saturated rings. The summed E-state index contributed by atoms with van der Waals surface area (Å²) >= 11 is 1.82. The lowest BCUT2D eigenvalue weighted by Crippen LogP contribution is -2.24. The number of hydrogen-bond donors (Lipinski definition) is 1. The summed E-state index contributed by atoms with van der Waals surface area (Å²) in [6, 6.07) is 10.9. The molecule has 1 N–H and O–H groups in total. The number of thiophene rings is 1. The molecule has 20 heavy (non-hydrogen) atoms. The van der Waals surface area contributed by atoms with Gasteiger partial charge in [0.1, 0.15) is 0 Å². The van der Waals surface area contributed by atoms with Gasteiger partial charge in [-0.25, -0.2) is 0 Å². The number of aryl methyl sites for hydroxylation is 2. The standard InChI is InChI=1S/C17H23NOS/c1-14-4-6-16(7-5-14)12-18(9-3-10-19)13-17-15(2)8-11-20-17/h4-8,11,19H,3,9-10,12-13H2,1-2H3. The molecule has 0 aliphatic heterocycles. The third-order valence-electron chi connectivity index (χ3n) is 3.49. The highest BCUT2D eigenvalue weighted by Crippen LogP contribution is 2.19. The molecule has 3 heteroatoms. The number of nitrogens with zero attached hydrogens (tertiary/aromatic N) is 1. The first kappa shape index (κ1) is 15.2. The van der Waals surface area contributed by atoms with Crippen LogP contribution in [0, 0.1) is 13.8 Å². The molecule has 2 aromatic rings. The number of hydrogen-bond acceptors (Lipinski definition) is 3. The summed E-state index contributed by atoms with van der Waals surface area (Å²) in [6.07, 6.45) is 0.830. The second-order valence-corrected chi connectivity index (χ2v) is 6.30. The quantitative estimate of drug-likeness (QED) is 0.839. The van der Waals surface area contributed by atoms with Gasteiger partial charge in [-0.3, -0.25) is 4.90 Å². The third kappa shape index (κ3) is 4.44. The zero-order valence-electron chi connectivity index (χ0n) is 12.3. The van der Waals surface area contributed by atoms with Crippen LogP contribution in [-0.2, 0) is 13.1 Å². The maximum absolute atomic E-state index is 9.07. The first-order valence-electron chi connectivity index (χ1n) is 7.11. The fourth-order valence-electron chi connectivity index (χ4n) is 2.23. The lowest BCUT2D eigenvalue weighted by Gasteiger charge is -2.22. The summed E-state index contributed by atoms with van der Waals surface area (Å²) < 4.78 is 0. The average Bonchev–Trinajstić information content (AvgIpc) is 2.84. The van der Waals surface area contributed by atoms with E-state index >= 15 is 0 Å². The van der Waals surface area contributed by atoms with Crippen molar-refractivity contribution in [2.75, 3.05) is 13.2 Å². The highest BCUT2D eigenvalue weighted by Gasteiger charge is 2.09. The molecule has 2 nitrogen and oxygen atoms in total. The van der Waals surface area contributed by atoms with Gasteiger partial charge < -0.3 is 5.11 Å². The predicted octanol–water partition coefficient (Wildman–Crippen LogP) is 3.75. The SMILES string of the molecule is Cc1ccc(CN(CCCO)Cc2sccc2C)cc1. The topological polar surface area (TPSA) is 23.5 Å². The largest absolute Gasteiger partial charge is 0.396 e. The van der Waals surface area contributed by atoms with Gasteiger partial charge in [-0.15, -0.1) is 11.3 Å². The van der Waals surface area contributed by atoms with E-state index in [1.807, 2.05) is 11.3 Å². The Bertz CT molecular complexity index is 518. The number of aliphatic hydroxyl groups excluding tert-OH is 1. The fourth-order valence-corrected chi connectivity index (χ4v) is 3.18. The van der Waals surface area contributed by atoms with Crippen molar-refractivity contribution in [1.82, 2.24) is 4.90 Å². The van der Waals surface area contributed by atoms with Crippen molar-refractivity contribution in [2.45, 2.75) is 33.4 Å². The molecule has 1 aromatic heterocycles. The van der Waals surface area contributed by atoms with Gasteiger partial charge in [0.15, 0.2) is 0 Å². The average molecular weight is 289 g/mol. The van der Waals surface area contributed by atoms with Gasteiger partial charge in [0.05, 0.1) is 0 Å². The van der Waals surface area contributed by atoms with E-state index in [0.717, 1.165) is 26.1 Å². The van der Waals surface area contributed by atoms with Gasteiger partial charge in [-0.1, -0.05) is 29.8 Å². The van der Waals surface area contributed by atoms with Crippen molar-refractivity contribution in [1.29, 1.82) is 0 Å². The summed E-state index contributed by atoms with van der Waals surface area (Å²) in [5.41, 5.74) is 4.00. The van der Waals surface area contributed by atoms with E-state index in [4.69, 9.17) is 5.11 Å². The Labute approximate surface area is 125 Å². The molecule has 0 bridgehead atoms. The molecule has 0 atom stereocenters. The molecular weight excluding hydrogens is 266 g/mol. The van der Waals surface area contributed by atoms with E-state index in [1.165, 1.54) is 21.6 Å². The maximum atomic E-state index is 9.07. The molecule has 0 spiro atoms. The molecular formula is C17H23NOS. The molecule has 108 valence electrons. The molecule has 1 aromatic carbocycles. The van der Waals surface area contributed by atoms with Gasteiger partial charge in [-0.05, 0) is 42.8 Å². The van der Waals surface area contributed by atoms with E-state index in [-0.39, 0.29) is 6.61 Å². The van der Waals surface area contributed by atoms with Crippen LogP contribution in [-0.4, -0.2) is 23.2 Å². The van der Waals surface area contributed by atoms with E-state index in [2.05, 4.69) is 54.5 Å². The third-order valence-corrected chi connectivity index (χ3v) is 4.50. The normalized spacial score (nSPS) is 11.2. The van der Waals surface area contributed by atoms with Crippen LogP contribution in [0.4, 0.5) is 0 Å². The van der Waals surface area contributed by atoms with Crippen molar-refractivity contribution in [2.24, 2.45) is 0 Å². The first-order chi connectivity index (χ1) is 9.69. The summed E-state index contributed by atoms with van der Waals surface area (Å²) in [6.45, 7) is 7.38. The first-order valence-corrected chi connectivity index (χ1v) is 7.98. The van der Waals surface area contributed by atoms with Crippen molar-refractivity contribution < 1.29 is 5.11 Å². The van der Waals surface area contributed by atoms with Gasteiger partial charge in [0, 0.05) is 31.1 Å². The minimum absolute atomic E-state index is 0.258. The lowest BCUT2D eigenvalue weighted by atomic mass is 10.1. The Hall–Kier alpha value is -1.16. The van der Waals surface area contributed by atoms with E-state index in [1.54, 1.807) is 0 Å². The minimum Gasteiger partial charge on any atom is -0.396 e. The fraction of sp³-hybridized carbons (Fsp3) is 0.412. The van der Waals surface area contributed by atoms with Crippen molar-refractivity contribution in [3.05, 3.63) is 57.3 Å². The van der Waals surface area contributed by atoms with Gasteiger partial charge in [-0.2, -0.15) is 0 Å². The Kier molecular flexibility index (Phi) is 5.77. The zero-order valence-corrected chi connectivity index (χ0v) is 13.1. The van der Waals surface area contributed by atoms with Crippen molar-refractivity contribution >= 4 is 11.3 Å². The summed E-state index contributed by atoms with van der Waals surface area (Å²) in [4.78, 5) is 3.84. The summed E-state index contributed by atoms with van der Waals surface area (Å²) in [5.74, 6) is 0. The summed E-state index contributed by atoms with van der Waals surface area (Å²) in [5, 5.41) is 11.2. The zero-order chi connectivity index (χ0) is 14.4. The minimum atomic E-state index is 0.258. The maximum Gasteiger partial charge on any atom is 0.0443 e. The van der Waals surface area contributed by atoms with Crippen LogP contribution < -0.4 is 0 Å². The van der Waals surface area contributed by atoms with Crippen LogP contribution in [0.2, 0.25) is 0 Å². The molecule has 0 radical (unpaired) electrons. The van der Waals surface area contributed by atoms with Crippen LogP contribution >= 0.6 is 11.3 Å². The summed E-state index contributed by atoms with van der Waals surface area (Å²) in [7, 11) is 0. The highest BCUT2D eigenvalue weighted by atomic mass is 32.1. The Morgan fingerprint density at radius 1 is 1.05 bits per heavy atom. The predicted molar refractivity (Wildman–Crippen MR) is 86.1 cm³/mol. The monoisotopic (exact) mass is 289 g/mol. The Morgan fingerprint density at radius 2 is 1.80 bits per heavy atom. The highest BCUT2D eigenvalue weighted by molar-refractivity contribution is 7.10. The van der Waals surface area contributed by atoms with Gasteiger partial charge in [0.25, 0.3) is 0 Å². The smallest absolute Gasteiger partial charge is 0.0443 e. The lowest BCUT2D eigenvalue weighted by molar-refractivity contribution is 0.213. The Balaban J connectivity index is 2.03. The molecule has 0 aliphatic carbocycles. The van der Waals surface area contributed by atoms with Crippen LogP contribution in [0.3, 0.4) is 0 Å². The van der Waals surface area contributed by atoms with Crippen LogP contribution in [0.5, 0.6) is 0 Å². The number of benzene rings is 1. The second kappa shape index (κ2) is 7.58. The van der Waals surface area contributed by atoms with Crippen LogP contribution in [0.25, 0.3) is 0 Å². The molecule has 2 rings (SSSR count). The molecule has 0 aliphatic rings. The van der Waals surface area contributed by atoms with E-state index in [9.17, 15) is 0 Å².